The fourth-order valence-electron chi connectivity index (χ4n) is 4.72. The summed E-state index contributed by atoms with van der Waals surface area (Å²) in [5.41, 5.74) is 0.689. The average molecular weight is 548 g/mol. The largest absolute Gasteiger partial charge is 0.419 e. The number of rotatable bonds is 3. The van der Waals surface area contributed by atoms with E-state index >= 15 is 0 Å². The molecule has 2 aliphatic heterocycles. The Balaban J connectivity index is 1.52. The molecule has 3 aromatic rings. The van der Waals surface area contributed by atoms with Crippen molar-refractivity contribution in [2.75, 3.05) is 25.0 Å². The summed E-state index contributed by atoms with van der Waals surface area (Å²) in [5.74, 6) is 0.404. The summed E-state index contributed by atoms with van der Waals surface area (Å²) in [6.07, 6.45) is -3.46. The molecule has 204 valence electrons. The lowest BCUT2D eigenvalue weighted by Gasteiger charge is -2.39. The molecule has 0 aliphatic carbocycles. The van der Waals surface area contributed by atoms with Crippen LogP contribution in [0.25, 0.3) is 0 Å². The zero-order valence-corrected chi connectivity index (χ0v) is 20.6. The zero-order chi connectivity index (χ0) is 27.8. The number of nitrogens with one attached hydrogen (secondary N) is 1. The number of alkyl halides is 6. The second-order valence-electron chi connectivity index (χ2n) is 9.09. The van der Waals surface area contributed by atoms with Gasteiger partial charge in [-0.25, -0.2) is 15.0 Å². The van der Waals surface area contributed by atoms with Gasteiger partial charge in [-0.15, -0.1) is 0 Å². The molecule has 0 saturated heterocycles. The van der Waals surface area contributed by atoms with Gasteiger partial charge in [-0.3, -0.25) is 4.98 Å². The van der Waals surface area contributed by atoms with E-state index in [-0.39, 0.29) is 24.7 Å². The molecule has 0 spiro atoms. The number of hydrogen-bond donors (Lipinski definition) is 1. The lowest BCUT2D eigenvalue weighted by Crippen LogP contribution is -2.45. The van der Waals surface area contributed by atoms with Crippen LogP contribution in [0.15, 0.2) is 77.4 Å². The fraction of sp³-hybridized carbons (Fsp3) is 0.308. The molecule has 5 rings (SSSR count). The molecular weight excluding hydrogens is 524 g/mol. The monoisotopic (exact) mass is 547 g/mol. The Kier molecular flexibility index (Phi) is 6.91. The maximum Gasteiger partial charge on any atom is 0.419 e. The van der Waals surface area contributed by atoms with E-state index < -0.39 is 29.6 Å². The molecule has 0 aromatic carbocycles. The third-order valence-electron chi connectivity index (χ3n) is 6.64. The van der Waals surface area contributed by atoms with E-state index in [2.05, 4.69) is 25.3 Å². The summed E-state index contributed by atoms with van der Waals surface area (Å²) in [7, 11) is 1.79. The van der Waals surface area contributed by atoms with E-state index in [4.69, 9.17) is 0 Å². The van der Waals surface area contributed by atoms with Gasteiger partial charge in [0, 0.05) is 62.6 Å². The predicted octanol–water partition coefficient (Wildman–Crippen LogP) is 5.73. The van der Waals surface area contributed by atoms with Crippen molar-refractivity contribution in [1.29, 1.82) is 0 Å². The molecule has 1 unspecified atom stereocenters. The Morgan fingerprint density at radius 1 is 0.897 bits per heavy atom. The van der Waals surface area contributed by atoms with Crippen molar-refractivity contribution >= 4 is 17.5 Å². The number of pyridine rings is 3. The summed E-state index contributed by atoms with van der Waals surface area (Å²) >= 11 is 0. The average Bonchev–Trinajstić information content (AvgIpc) is 3.12. The highest BCUT2D eigenvalue weighted by molar-refractivity contribution is 6.01. The first-order valence-electron chi connectivity index (χ1n) is 12.0. The van der Waals surface area contributed by atoms with Crippen molar-refractivity contribution in [1.82, 2.24) is 25.2 Å². The number of aliphatic imine (C=N–C) groups is 1. The van der Waals surface area contributed by atoms with Gasteiger partial charge in [-0.2, -0.15) is 26.3 Å². The van der Waals surface area contributed by atoms with Crippen LogP contribution >= 0.6 is 0 Å². The highest BCUT2D eigenvalue weighted by Gasteiger charge is 2.38. The van der Waals surface area contributed by atoms with Gasteiger partial charge in [0.25, 0.3) is 0 Å². The van der Waals surface area contributed by atoms with Crippen LogP contribution in [0.3, 0.4) is 0 Å². The Morgan fingerprint density at radius 2 is 1.64 bits per heavy atom. The van der Waals surface area contributed by atoms with Crippen LogP contribution in [-0.4, -0.2) is 45.8 Å². The van der Waals surface area contributed by atoms with E-state index in [0.717, 1.165) is 35.2 Å². The van der Waals surface area contributed by atoms with Crippen molar-refractivity contribution in [3.8, 4) is 0 Å². The topological polar surface area (TPSA) is 69.5 Å². The molecule has 1 N–H and O–H groups in total. The maximum atomic E-state index is 13.7. The van der Waals surface area contributed by atoms with Crippen LogP contribution in [0.4, 0.5) is 38.0 Å². The number of nitrogens with zero attached hydrogens (tertiary/aromatic N) is 6. The van der Waals surface area contributed by atoms with Gasteiger partial charge >= 0.3 is 12.4 Å². The highest BCUT2D eigenvalue weighted by atomic mass is 19.4. The van der Waals surface area contributed by atoms with Crippen molar-refractivity contribution < 1.29 is 26.3 Å². The Bertz CT molecular complexity index is 1380. The van der Waals surface area contributed by atoms with E-state index in [9.17, 15) is 26.3 Å². The number of anilines is 1. The second kappa shape index (κ2) is 10.2. The standard InChI is InChI=1S/C26H23F6N7/c1-38-22(16-6-11-33-12-7-16)36-20-9-14-39(24-19(26(30,31)32)3-2-10-34-24)13-8-18(20)23(38)37-21-5-4-17(15-35-21)25(27,28)29/h2-7,10-12,15,22,36H,8-9,13-14H2,1H3. The molecule has 13 heteroatoms. The molecule has 0 amide bonds. The lowest BCUT2D eigenvalue weighted by atomic mass is 10.0. The molecule has 1 atom stereocenters. The van der Waals surface area contributed by atoms with Crippen molar-refractivity contribution in [3.05, 3.63) is 89.1 Å². The smallest absolute Gasteiger partial charge is 0.364 e. The minimum atomic E-state index is -4.56. The zero-order valence-electron chi connectivity index (χ0n) is 20.6. The molecule has 0 radical (unpaired) electrons. The van der Waals surface area contributed by atoms with Crippen molar-refractivity contribution in [2.24, 2.45) is 4.99 Å². The Hall–Kier alpha value is -4.16. The van der Waals surface area contributed by atoms with E-state index in [0.29, 0.717) is 18.7 Å². The molecule has 3 aromatic heterocycles. The van der Waals surface area contributed by atoms with Gasteiger partial charge in [0.15, 0.2) is 5.82 Å². The first-order chi connectivity index (χ1) is 18.5. The molecule has 2 aliphatic rings. The SMILES string of the molecule is CN1C(=Nc2ccc(C(F)(F)F)cn2)C2=C(CCN(c3ncccc3C(F)(F)F)CC2)NC1c1ccncc1. The fourth-order valence-corrected chi connectivity index (χ4v) is 4.72. The van der Waals surface area contributed by atoms with Crippen LogP contribution in [0.2, 0.25) is 0 Å². The van der Waals surface area contributed by atoms with Gasteiger partial charge in [0.2, 0.25) is 0 Å². The molecule has 0 bridgehead atoms. The van der Waals surface area contributed by atoms with E-state index in [1.807, 2.05) is 17.0 Å². The highest BCUT2D eigenvalue weighted by Crippen LogP contribution is 2.38. The lowest BCUT2D eigenvalue weighted by molar-refractivity contribution is -0.138. The number of aromatic nitrogens is 3. The first-order valence-corrected chi connectivity index (χ1v) is 12.0. The van der Waals surface area contributed by atoms with Gasteiger partial charge in [-0.1, -0.05) is 0 Å². The molecular formula is C26H23F6N7. The van der Waals surface area contributed by atoms with Gasteiger partial charge in [-0.05, 0) is 48.4 Å². The van der Waals surface area contributed by atoms with Gasteiger partial charge in [0.05, 0.1) is 11.1 Å². The Labute approximate surface area is 219 Å². The maximum absolute atomic E-state index is 13.7. The third kappa shape index (κ3) is 5.52. The molecule has 39 heavy (non-hydrogen) atoms. The minimum Gasteiger partial charge on any atom is -0.364 e. The first kappa shape index (κ1) is 26.4. The second-order valence-corrected chi connectivity index (χ2v) is 9.09. The normalized spacial score (nSPS) is 19.6. The third-order valence-corrected chi connectivity index (χ3v) is 6.64. The summed E-state index contributed by atoms with van der Waals surface area (Å²) in [5, 5.41) is 3.48. The van der Waals surface area contributed by atoms with Crippen LogP contribution in [0, 0.1) is 0 Å². The summed E-state index contributed by atoms with van der Waals surface area (Å²) in [4.78, 5) is 20.0. The summed E-state index contributed by atoms with van der Waals surface area (Å²) in [6, 6.07) is 8.01. The molecule has 0 fully saturated rings. The molecule has 5 heterocycles. The van der Waals surface area contributed by atoms with Crippen molar-refractivity contribution in [2.45, 2.75) is 31.4 Å². The predicted molar refractivity (Wildman–Crippen MR) is 132 cm³/mol. The number of hydrogen-bond acceptors (Lipinski definition) is 6. The van der Waals surface area contributed by atoms with Crippen LogP contribution in [0.1, 0.15) is 35.7 Å². The minimum absolute atomic E-state index is 0.0808. The number of likely N-dealkylation sites (N-methyl/N-ethyl adjacent to an activating group) is 1. The van der Waals surface area contributed by atoms with Crippen molar-refractivity contribution in [3.63, 3.8) is 0 Å². The van der Waals surface area contributed by atoms with Crippen LogP contribution in [0.5, 0.6) is 0 Å². The van der Waals surface area contributed by atoms with E-state index in [1.54, 1.807) is 24.3 Å². The molecule has 0 saturated carbocycles. The number of amidine groups is 1. The summed E-state index contributed by atoms with van der Waals surface area (Å²) < 4.78 is 80.2. The van der Waals surface area contributed by atoms with Crippen LogP contribution < -0.4 is 10.2 Å². The van der Waals surface area contributed by atoms with Gasteiger partial charge in [0.1, 0.15) is 17.8 Å². The molecule has 7 nitrogen and oxygen atoms in total. The van der Waals surface area contributed by atoms with Crippen LogP contribution in [-0.2, 0) is 12.4 Å². The Morgan fingerprint density at radius 3 is 2.31 bits per heavy atom. The van der Waals surface area contributed by atoms with E-state index in [1.165, 1.54) is 18.3 Å². The number of halogens is 6. The van der Waals surface area contributed by atoms with Gasteiger partial charge < -0.3 is 15.1 Å². The quantitative estimate of drug-likeness (QED) is 0.423. The summed E-state index contributed by atoms with van der Waals surface area (Å²) in [6.45, 7) is 0.498.